The number of benzene rings is 2. The van der Waals surface area contributed by atoms with E-state index < -0.39 is 5.82 Å². The van der Waals surface area contributed by atoms with E-state index in [-0.39, 0.29) is 17.4 Å². The molecule has 32 heavy (non-hydrogen) atoms. The third-order valence-corrected chi connectivity index (χ3v) is 5.29. The first-order valence-electron chi connectivity index (χ1n) is 10.00. The summed E-state index contributed by atoms with van der Waals surface area (Å²) < 4.78 is 30.3. The monoisotopic (exact) mass is 483 g/mol. The predicted molar refractivity (Wildman–Crippen MR) is 123 cm³/mol. The van der Waals surface area contributed by atoms with Gasteiger partial charge in [-0.15, -0.1) is 22.6 Å². The lowest BCUT2D eigenvalue weighted by Gasteiger charge is -2.26. The van der Waals surface area contributed by atoms with Crippen molar-refractivity contribution in [2.24, 2.45) is 0 Å². The Morgan fingerprint density at radius 3 is 2.72 bits per heavy atom. The van der Waals surface area contributed by atoms with Crippen LogP contribution in [0.3, 0.4) is 0 Å². The van der Waals surface area contributed by atoms with Crippen LogP contribution in [0.5, 0.6) is 11.5 Å². The minimum Gasteiger partial charge on any atom is -0.493 e. The van der Waals surface area contributed by atoms with Crippen molar-refractivity contribution in [2.45, 2.75) is 6.42 Å². The summed E-state index contributed by atoms with van der Waals surface area (Å²) in [5, 5.41) is 15.8. The Bertz CT molecular complexity index is 1050. The lowest BCUT2D eigenvalue weighted by Crippen LogP contribution is -2.37. The summed E-state index contributed by atoms with van der Waals surface area (Å²) in [4.78, 5) is 2.36. The second-order valence-corrected chi connectivity index (χ2v) is 7.48. The van der Waals surface area contributed by atoms with Gasteiger partial charge in [0.2, 0.25) is 0 Å². The Kier molecular flexibility index (Phi) is 8.63. The third-order valence-electron chi connectivity index (χ3n) is 5.00. The van der Waals surface area contributed by atoms with Crippen LogP contribution in [0, 0.1) is 5.82 Å². The van der Waals surface area contributed by atoms with Gasteiger partial charge in [0.15, 0.2) is 17.3 Å². The molecule has 1 fully saturated rings. The summed E-state index contributed by atoms with van der Waals surface area (Å²) in [6, 6.07) is 7.90. The molecule has 11 heteroatoms. The van der Waals surface area contributed by atoms with E-state index in [1.807, 2.05) is 0 Å². The molecule has 1 aromatic heterocycles. The quantitative estimate of drug-likeness (QED) is 0.479. The number of ether oxygens (including phenoxy) is 3. The smallest absolute Gasteiger partial charge is 0.164 e. The number of nitrogens with one attached hydrogen (secondary N) is 1. The van der Waals surface area contributed by atoms with Gasteiger partial charge in [-0.2, -0.15) is 0 Å². The topological polar surface area (TPSA) is 81.6 Å². The lowest BCUT2D eigenvalue weighted by molar-refractivity contribution is 0.0357. The van der Waals surface area contributed by atoms with Crippen molar-refractivity contribution in [3.05, 3.63) is 41.2 Å². The van der Waals surface area contributed by atoms with Gasteiger partial charge >= 0.3 is 0 Å². The van der Waals surface area contributed by atoms with Crippen molar-refractivity contribution in [3.8, 4) is 11.5 Å². The Hall–Kier alpha value is -2.46. The van der Waals surface area contributed by atoms with Gasteiger partial charge in [0.1, 0.15) is 11.3 Å². The number of halogens is 3. The zero-order chi connectivity index (χ0) is 21.6. The molecule has 4 rings (SSSR count). The van der Waals surface area contributed by atoms with Gasteiger partial charge in [0.05, 0.1) is 37.3 Å². The molecule has 0 unspecified atom stereocenters. The summed E-state index contributed by atoms with van der Waals surface area (Å²) in [6.07, 6.45) is 0.890. The van der Waals surface area contributed by atoms with E-state index in [4.69, 9.17) is 25.8 Å². The molecule has 172 valence electrons. The predicted octanol–water partition coefficient (Wildman–Crippen LogP) is 4.09. The number of anilines is 2. The standard InChI is InChI=1S/C21H23ClFN5O3.ClH/c1-29-19-12-15-18(13-20(19)31-8-2-5-28-6-9-30-10-7-28)25-27-26-21(15)24-14-3-4-17(23)16(22)11-14;/h3-4,11-13H,2,5-10H2,1H3,(H,24,25,26);1H. The number of morpholine rings is 1. The summed E-state index contributed by atoms with van der Waals surface area (Å²) in [7, 11) is 1.58. The number of methoxy groups -OCH3 is 1. The summed E-state index contributed by atoms with van der Waals surface area (Å²) in [6.45, 7) is 4.99. The zero-order valence-electron chi connectivity index (χ0n) is 17.5. The number of rotatable bonds is 8. The van der Waals surface area contributed by atoms with Gasteiger partial charge in [0, 0.05) is 31.4 Å². The van der Waals surface area contributed by atoms with Crippen molar-refractivity contribution in [1.29, 1.82) is 0 Å². The molecule has 0 atom stereocenters. The number of hydrogen-bond acceptors (Lipinski definition) is 8. The lowest BCUT2D eigenvalue weighted by atomic mass is 10.2. The molecule has 1 N–H and O–H groups in total. The van der Waals surface area contributed by atoms with E-state index in [0.717, 1.165) is 39.3 Å². The molecule has 0 spiro atoms. The Morgan fingerprint density at radius 1 is 1.16 bits per heavy atom. The maximum absolute atomic E-state index is 13.4. The highest BCUT2D eigenvalue weighted by Gasteiger charge is 2.14. The van der Waals surface area contributed by atoms with Gasteiger partial charge in [-0.1, -0.05) is 11.6 Å². The molecule has 2 heterocycles. The number of nitrogens with zero attached hydrogens (tertiary/aromatic N) is 4. The van der Waals surface area contributed by atoms with Crippen molar-refractivity contribution in [2.75, 3.05) is 51.9 Å². The zero-order valence-corrected chi connectivity index (χ0v) is 19.1. The van der Waals surface area contributed by atoms with Crippen LogP contribution in [0.2, 0.25) is 5.02 Å². The fraction of sp³-hybridized carbons (Fsp3) is 0.381. The van der Waals surface area contributed by atoms with Crippen LogP contribution in [0.15, 0.2) is 30.3 Å². The minimum absolute atomic E-state index is 0. The van der Waals surface area contributed by atoms with E-state index in [0.29, 0.717) is 40.5 Å². The highest BCUT2D eigenvalue weighted by atomic mass is 35.5. The van der Waals surface area contributed by atoms with Gasteiger partial charge < -0.3 is 19.5 Å². The minimum atomic E-state index is -0.491. The average Bonchev–Trinajstić information content (AvgIpc) is 2.79. The van der Waals surface area contributed by atoms with E-state index >= 15 is 0 Å². The van der Waals surface area contributed by atoms with Crippen LogP contribution in [0.4, 0.5) is 15.9 Å². The molecule has 1 saturated heterocycles. The van der Waals surface area contributed by atoms with Crippen molar-refractivity contribution in [3.63, 3.8) is 0 Å². The molecule has 0 amide bonds. The van der Waals surface area contributed by atoms with E-state index in [2.05, 4.69) is 25.6 Å². The van der Waals surface area contributed by atoms with E-state index in [9.17, 15) is 4.39 Å². The maximum Gasteiger partial charge on any atom is 0.164 e. The van der Waals surface area contributed by atoms with E-state index in [1.165, 1.54) is 12.1 Å². The molecule has 0 radical (unpaired) electrons. The molecular formula is C21H24Cl2FN5O3. The van der Waals surface area contributed by atoms with Crippen LogP contribution in [-0.4, -0.2) is 66.9 Å². The first-order chi connectivity index (χ1) is 15.1. The fourth-order valence-corrected chi connectivity index (χ4v) is 3.54. The molecule has 1 aliphatic heterocycles. The number of fused-ring (bicyclic) bond motifs is 1. The van der Waals surface area contributed by atoms with Gasteiger partial charge in [-0.05, 0) is 35.9 Å². The summed E-state index contributed by atoms with van der Waals surface area (Å²) >= 11 is 5.87. The first-order valence-corrected chi connectivity index (χ1v) is 10.4. The number of aromatic nitrogens is 3. The van der Waals surface area contributed by atoms with Gasteiger partial charge in [-0.25, -0.2) is 4.39 Å². The first kappa shape index (κ1) is 24.2. The molecule has 0 saturated carbocycles. The summed E-state index contributed by atoms with van der Waals surface area (Å²) in [5.41, 5.74) is 1.17. The molecule has 3 aromatic rings. The van der Waals surface area contributed by atoms with Crippen molar-refractivity contribution < 1.29 is 18.6 Å². The number of hydrogen-bond donors (Lipinski definition) is 1. The Balaban J connectivity index is 0.00000289. The second-order valence-electron chi connectivity index (χ2n) is 7.07. The van der Waals surface area contributed by atoms with Crippen LogP contribution in [0.25, 0.3) is 10.9 Å². The molecule has 2 aromatic carbocycles. The fourth-order valence-electron chi connectivity index (χ4n) is 3.36. The van der Waals surface area contributed by atoms with Crippen LogP contribution in [0.1, 0.15) is 6.42 Å². The largest absolute Gasteiger partial charge is 0.493 e. The molecule has 8 nitrogen and oxygen atoms in total. The SMILES string of the molecule is COc1cc2c(Nc3ccc(F)c(Cl)c3)nnnc2cc1OCCCN1CCOCC1.Cl. The molecule has 0 aliphatic carbocycles. The average molecular weight is 484 g/mol. The Morgan fingerprint density at radius 2 is 1.97 bits per heavy atom. The van der Waals surface area contributed by atoms with Crippen LogP contribution >= 0.6 is 24.0 Å². The van der Waals surface area contributed by atoms with Crippen molar-refractivity contribution >= 4 is 46.4 Å². The second kappa shape index (κ2) is 11.4. The van der Waals surface area contributed by atoms with Gasteiger partial charge in [0.25, 0.3) is 0 Å². The highest BCUT2D eigenvalue weighted by Crippen LogP contribution is 2.34. The molecule has 0 bridgehead atoms. The molecular weight excluding hydrogens is 460 g/mol. The maximum atomic E-state index is 13.4. The molecule has 1 aliphatic rings. The third kappa shape index (κ3) is 5.86. The van der Waals surface area contributed by atoms with Crippen molar-refractivity contribution in [1.82, 2.24) is 20.3 Å². The summed E-state index contributed by atoms with van der Waals surface area (Å²) in [5.74, 6) is 1.11. The highest BCUT2D eigenvalue weighted by molar-refractivity contribution is 6.31. The van der Waals surface area contributed by atoms with Crippen LogP contribution in [-0.2, 0) is 4.74 Å². The van der Waals surface area contributed by atoms with Crippen LogP contribution < -0.4 is 14.8 Å². The van der Waals surface area contributed by atoms with E-state index in [1.54, 1.807) is 25.3 Å². The van der Waals surface area contributed by atoms with Gasteiger partial charge in [-0.3, -0.25) is 4.90 Å². The normalized spacial score (nSPS) is 14.1. The Labute approximate surface area is 196 Å².